The molecule has 1 N–H and O–H groups in total. The average molecular weight is 373 g/mol. The summed E-state index contributed by atoms with van der Waals surface area (Å²) in [6.07, 6.45) is 0.333. The molecule has 1 aromatic carbocycles. The van der Waals surface area contributed by atoms with E-state index in [1.807, 2.05) is 30.7 Å². The molecule has 2 heterocycles. The molecular weight excluding hydrogens is 346 g/mol. The number of aryl methyl sites for hydroxylation is 1. The number of carbonyl (C=O) groups excluding carboxylic acids is 1. The quantitative estimate of drug-likeness (QED) is 0.720. The molecule has 7 heteroatoms. The number of fused-ring (bicyclic) bond motifs is 1. The zero-order chi connectivity index (χ0) is 19.4. The Labute approximate surface area is 159 Å². The molecule has 0 radical (unpaired) electrons. The zero-order valence-corrected chi connectivity index (χ0v) is 16.4. The lowest BCUT2D eigenvalue weighted by Gasteiger charge is -2.09. The predicted molar refractivity (Wildman–Crippen MR) is 101 cm³/mol. The van der Waals surface area contributed by atoms with Gasteiger partial charge in [0.15, 0.2) is 11.5 Å². The fourth-order valence-corrected chi connectivity index (χ4v) is 3.06. The number of benzene rings is 1. The normalized spacial score (nSPS) is 12.5. The summed E-state index contributed by atoms with van der Waals surface area (Å²) < 4.78 is 18.2. The largest absolute Gasteiger partial charge is 0.492 e. The minimum absolute atomic E-state index is 0.0282. The van der Waals surface area contributed by atoms with Crippen molar-refractivity contribution in [3.05, 3.63) is 35.2 Å². The Morgan fingerprint density at radius 3 is 2.85 bits per heavy atom. The van der Waals surface area contributed by atoms with Gasteiger partial charge < -0.3 is 19.5 Å². The first kappa shape index (κ1) is 19.1. The van der Waals surface area contributed by atoms with Crippen LogP contribution in [0.4, 0.5) is 0 Å². The van der Waals surface area contributed by atoms with Gasteiger partial charge in [-0.2, -0.15) is 5.10 Å². The van der Waals surface area contributed by atoms with Gasteiger partial charge >= 0.3 is 0 Å². The van der Waals surface area contributed by atoms with Crippen molar-refractivity contribution in [3.63, 3.8) is 0 Å². The fraction of sp³-hybridized carbons (Fsp3) is 0.500. The molecule has 0 aliphatic carbocycles. The van der Waals surface area contributed by atoms with E-state index < -0.39 is 0 Å². The minimum atomic E-state index is -0.0282. The van der Waals surface area contributed by atoms with Crippen LogP contribution in [-0.2, 0) is 17.8 Å². The van der Waals surface area contributed by atoms with Crippen LogP contribution in [0, 0.1) is 19.8 Å². The van der Waals surface area contributed by atoms with Crippen LogP contribution >= 0.6 is 0 Å². The van der Waals surface area contributed by atoms with Crippen LogP contribution in [0.1, 0.15) is 30.8 Å². The lowest BCUT2D eigenvalue weighted by atomic mass is 10.1. The van der Waals surface area contributed by atoms with Crippen molar-refractivity contribution in [3.8, 4) is 17.2 Å². The molecule has 1 aliphatic rings. The second-order valence-corrected chi connectivity index (χ2v) is 7.12. The summed E-state index contributed by atoms with van der Waals surface area (Å²) >= 11 is 0. The molecule has 0 saturated carbocycles. The standard InChI is InChI=1S/C20H27N3O4/c1-13(2)11-23-15(4)17(14(3)22-23)10-20(24)21-7-8-25-16-5-6-18-19(9-16)27-12-26-18/h5-6,9,13H,7-8,10-12H2,1-4H3,(H,21,24). The third kappa shape index (κ3) is 4.72. The first-order valence-electron chi connectivity index (χ1n) is 9.26. The maximum atomic E-state index is 12.3. The Morgan fingerprint density at radius 2 is 2.07 bits per heavy atom. The number of nitrogens with one attached hydrogen (secondary N) is 1. The van der Waals surface area contributed by atoms with E-state index >= 15 is 0 Å². The Kier molecular flexibility index (Phi) is 5.88. The molecule has 0 bridgehead atoms. The summed E-state index contributed by atoms with van der Waals surface area (Å²) in [6.45, 7) is 10.2. The van der Waals surface area contributed by atoms with Gasteiger partial charge in [0.25, 0.3) is 0 Å². The van der Waals surface area contributed by atoms with Gasteiger partial charge in [-0.05, 0) is 31.9 Å². The third-order valence-electron chi connectivity index (χ3n) is 4.44. The summed E-state index contributed by atoms with van der Waals surface area (Å²) in [6, 6.07) is 5.43. The molecule has 1 amide bonds. The van der Waals surface area contributed by atoms with E-state index in [9.17, 15) is 4.79 Å². The van der Waals surface area contributed by atoms with E-state index in [4.69, 9.17) is 14.2 Å². The summed E-state index contributed by atoms with van der Waals surface area (Å²) in [5.41, 5.74) is 2.98. The number of aromatic nitrogens is 2. The van der Waals surface area contributed by atoms with E-state index in [2.05, 4.69) is 24.3 Å². The SMILES string of the molecule is Cc1nn(CC(C)C)c(C)c1CC(=O)NCCOc1ccc2c(c1)OCO2. The van der Waals surface area contributed by atoms with Crippen molar-refractivity contribution < 1.29 is 19.0 Å². The Balaban J connectivity index is 1.45. The van der Waals surface area contributed by atoms with Gasteiger partial charge in [0.1, 0.15) is 12.4 Å². The first-order valence-corrected chi connectivity index (χ1v) is 9.26. The number of ether oxygens (including phenoxy) is 3. The predicted octanol–water partition coefficient (Wildman–Crippen LogP) is 2.62. The maximum absolute atomic E-state index is 12.3. The molecule has 27 heavy (non-hydrogen) atoms. The lowest BCUT2D eigenvalue weighted by Crippen LogP contribution is -2.29. The lowest BCUT2D eigenvalue weighted by molar-refractivity contribution is -0.120. The van der Waals surface area contributed by atoms with E-state index in [1.54, 1.807) is 6.07 Å². The monoisotopic (exact) mass is 373 g/mol. The number of nitrogens with zero attached hydrogens (tertiary/aromatic N) is 2. The number of hydrogen-bond donors (Lipinski definition) is 1. The van der Waals surface area contributed by atoms with Crippen molar-refractivity contribution >= 4 is 5.91 Å². The molecule has 0 atom stereocenters. The fourth-order valence-electron chi connectivity index (χ4n) is 3.06. The van der Waals surface area contributed by atoms with Gasteiger partial charge in [-0.3, -0.25) is 9.48 Å². The van der Waals surface area contributed by atoms with Crippen molar-refractivity contribution in [1.82, 2.24) is 15.1 Å². The van der Waals surface area contributed by atoms with Crippen LogP contribution in [0.25, 0.3) is 0 Å². The van der Waals surface area contributed by atoms with Gasteiger partial charge in [-0.15, -0.1) is 0 Å². The second-order valence-electron chi connectivity index (χ2n) is 7.12. The van der Waals surface area contributed by atoms with Crippen LogP contribution in [0.3, 0.4) is 0 Å². The van der Waals surface area contributed by atoms with Crippen LogP contribution < -0.4 is 19.5 Å². The summed E-state index contributed by atoms with van der Waals surface area (Å²) in [4.78, 5) is 12.3. The van der Waals surface area contributed by atoms with Crippen LogP contribution in [0.5, 0.6) is 17.2 Å². The molecule has 1 aromatic heterocycles. The molecule has 1 aliphatic heterocycles. The van der Waals surface area contributed by atoms with Crippen LogP contribution in [0.2, 0.25) is 0 Å². The van der Waals surface area contributed by atoms with Crippen LogP contribution in [0.15, 0.2) is 18.2 Å². The van der Waals surface area contributed by atoms with E-state index in [1.165, 1.54) is 0 Å². The molecule has 0 fully saturated rings. The first-order chi connectivity index (χ1) is 12.9. The van der Waals surface area contributed by atoms with Crippen molar-refractivity contribution in [2.75, 3.05) is 19.9 Å². The minimum Gasteiger partial charge on any atom is -0.492 e. The van der Waals surface area contributed by atoms with Gasteiger partial charge in [-0.25, -0.2) is 0 Å². The highest BCUT2D eigenvalue weighted by Crippen LogP contribution is 2.34. The van der Waals surface area contributed by atoms with Gasteiger partial charge in [-0.1, -0.05) is 13.8 Å². The van der Waals surface area contributed by atoms with Crippen molar-refractivity contribution in [2.24, 2.45) is 5.92 Å². The molecule has 0 spiro atoms. The zero-order valence-electron chi connectivity index (χ0n) is 16.4. The summed E-state index contributed by atoms with van der Waals surface area (Å²) in [5, 5.41) is 7.46. The highest BCUT2D eigenvalue weighted by molar-refractivity contribution is 5.79. The maximum Gasteiger partial charge on any atom is 0.231 e. The van der Waals surface area contributed by atoms with Crippen molar-refractivity contribution in [1.29, 1.82) is 0 Å². The Morgan fingerprint density at radius 1 is 1.30 bits per heavy atom. The molecule has 0 saturated heterocycles. The topological polar surface area (TPSA) is 74.6 Å². The van der Waals surface area contributed by atoms with Gasteiger partial charge in [0.2, 0.25) is 12.7 Å². The highest BCUT2D eigenvalue weighted by atomic mass is 16.7. The number of carbonyl (C=O) groups is 1. The van der Waals surface area contributed by atoms with E-state index in [0.717, 1.165) is 29.2 Å². The Hall–Kier alpha value is -2.70. The number of amides is 1. The smallest absolute Gasteiger partial charge is 0.231 e. The van der Waals surface area contributed by atoms with E-state index in [0.29, 0.717) is 37.0 Å². The molecular formula is C20H27N3O4. The second kappa shape index (κ2) is 8.33. The average Bonchev–Trinajstić information content (AvgIpc) is 3.18. The van der Waals surface area contributed by atoms with Crippen molar-refractivity contribution in [2.45, 2.75) is 40.7 Å². The third-order valence-corrected chi connectivity index (χ3v) is 4.44. The molecule has 146 valence electrons. The highest BCUT2D eigenvalue weighted by Gasteiger charge is 2.16. The van der Waals surface area contributed by atoms with E-state index in [-0.39, 0.29) is 12.7 Å². The molecule has 7 nitrogen and oxygen atoms in total. The van der Waals surface area contributed by atoms with Gasteiger partial charge in [0, 0.05) is 23.9 Å². The summed E-state index contributed by atoms with van der Waals surface area (Å²) in [5.74, 6) is 2.58. The molecule has 2 aromatic rings. The van der Waals surface area contributed by atoms with Crippen LogP contribution in [-0.4, -0.2) is 35.6 Å². The molecule has 0 unspecified atom stereocenters. The number of hydrogen-bond acceptors (Lipinski definition) is 5. The summed E-state index contributed by atoms with van der Waals surface area (Å²) in [7, 11) is 0. The molecule has 3 rings (SSSR count). The van der Waals surface area contributed by atoms with Gasteiger partial charge in [0.05, 0.1) is 18.7 Å². The number of rotatable bonds is 8. The Bertz CT molecular complexity index is 814.